The number of hydrogen-bond donors (Lipinski definition) is 2. The molecule has 1 fully saturated rings. The predicted molar refractivity (Wildman–Crippen MR) is 86.4 cm³/mol. The zero-order valence-electron chi connectivity index (χ0n) is 12.8. The second kappa shape index (κ2) is 5.70. The molecule has 120 valence electrons. The van der Waals surface area contributed by atoms with Crippen LogP contribution in [0.3, 0.4) is 0 Å². The maximum Gasteiger partial charge on any atom is 0.270 e. The summed E-state index contributed by atoms with van der Waals surface area (Å²) < 4.78 is 1.71. The summed E-state index contributed by atoms with van der Waals surface area (Å²) in [6.07, 6.45) is 5.89. The molecule has 4 rings (SSSR count). The number of amides is 1. The van der Waals surface area contributed by atoms with Crippen molar-refractivity contribution in [2.24, 2.45) is 0 Å². The van der Waals surface area contributed by atoms with Gasteiger partial charge in [-0.15, -0.1) is 5.10 Å². The van der Waals surface area contributed by atoms with Crippen LogP contribution in [0.2, 0.25) is 0 Å². The lowest BCUT2D eigenvalue weighted by molar-refractivity contribution is 0.0786. The Morgan fingerprint density at radius 1 is 1.46 bits per heavy atom. The number of hydrogen-bond acceptors (Lipinski definition) is 5. The standard InChI is InChI=1S/C16H15N7O/c17-8-11-7-13(19-9-11)16(24)22-5-3-12(10-22)20-14-1-2-15-18-4-6-23(15)21-14/h1-2,4,6-7,9,12,19H,3,5,10H2,(H,20,21). The molecule has 0 radical (unpaired) electrons. The Balaban J connectivity index is 1.42. The van der Waals surface area contributed by atoms with Gasteiger partial charge in [0.25, 0.3) is 5.91 Å². The van der Waals surface area contributed by atoms with Crippen LogP contribution in [0.15, 0.2) is 36.8 Å². The molecule has 0 aliphatic carbocycles. The number of nitrogens with one attached hydrogen (secondary N) is 2. The van der Waals surface area contributed by atoms with Crippen molar-refractivity contribution in [3.8, 4) is 6.07 Å². The Bertz CT molecular complexity index is 935. The van der Waals surface area contributed by atoms with E-state index >= 15 is 0 Å². The molecule has 0 bridgehead atoms. The summed E-state index contributed by atoms with van der Waals surface area (Å²) in [6, 6.07) is 7.53. The van der Waals surface area contributed by atoms with Gasteiger partial charge in [-0.05, 0) is 24.6 Å². The molecule has 3 aromatic rings. The lowest BCUT2D eigenvalue weighted by Crippen LogP contribution is -2.32. The van der Waals surface area contributed by atoms with E-state index in [0.29, 0.717) is 24.3 Å². The first-order valence-corrected chi connectivity index (χ1v) is 7.67. The zero-order chi connectivity index (χ0) is 16.5. The Kier molecular flexibility index (Phi) is 3.39. The van der Waals surface area contributed by atoms with Crippen molar-refractivity contribution in [3.05, 3.63) is 48.0 Å². The lowest BCUT2D eigenvalue weighted by atomic mass is 10.2. The minimum absolute atomic E-state index is 0.0844. The fourth-order valence-electron chi connectivity index (χ4n) is 2.92. The van der Waals surface area contributed by atoms with E-state index in [4.69, 9.17) is 5.26 Å². The summed E-state index contributed by atoms with van der Waals surface area (Å²) in [5, 5.41) is 16.6. The van der Waals surface area contributed by atoms with Crippen LogP contribution in [0.4, 0.5) is 5.82 Å². The molecule has 4 heterocycles. The summed E-state index contributed by atoms with van der Waals surface area (Å²) >= 11 is 0. The number of fused-ring (bicyclic) bond motifs is 1. The molecular formula is C16H15N7O. The molecule has 1 aliphatic heterocycles. The largest absolute Gasteiger partial charge is 0.364 e. The van der Waals surface area contributed by atoms with E-state index in [9.17, 15) is 4.79 Å². The highest BCUT2D eigenvalue weighted by Crippen LogP contribution is 2.17. The van der Waals surface area contributed by atoms with Crippen molar-refractivity contribution >= 4 is 17.4 Å². The van der Waals surface area contributed by atoms with Crippen LogP contribution in [0.25, 0.3) is 5.65 Å². The van der Waals surface area contributed by atoms with Gasteiger partial charge >= 0.3 is 0 Å². The molecule has 1 amide bonds. The van der Waals surface area contributed by atoms with E-state index < -0.39 is 0 Å². The monoisotopic (exact) mass is 321 g/mol. The van der Waals surface area contributed by atoms with Crippen LogP contribution in [-0.2, 0) is 0 Å². The Labute approximate surface area is 137 Å². The van der Waals surface area contributed by atoms with Gasteiger partial charge in [-0.2, -0.15) is 5.26 Å². The first-order chi connectivity index (χ1) is 11.7. The molecular weight excluding hydrogens is 306 g/mol. The van der Waals surface area contributed by atoms with Crippen molar-refractivity contribution in [2.45, 2.75) is 12.5 Å². The molecule has 0 saturated carbocycles. The van der Waals surface area contributed by atoms with Crippen LogP contribution in [-0.4, -0.2) is 49.5 Å². The van der Waals surface area contributed by atoms with Gasteiger partial charge in [-0.1, -0.05) is 0 Å². The summed E-state index contributed by atoms with van der Waals surface area (Å²) in [7, 11) is 0. The fraction of sp³-hybridized carbons (Fsp3) is 0.250. The van der Waals surface area contributed by atoms with E-state index in [1.54, 1.807) is 34.1 Å². The van der Waals surface area contributed by atoms with Gasteiger partial charge in [0.15, 0.2) is 5.65 Å². The smallest absolute Gasteiger partial charge is 0.270 e. The number of H-pyrrole nitrogens is 1. The topological polar surface area (TPSA) is 102 Å². The highest BCUT2D eigenvalue weighted by Gasteiger charge is 2.27. The first kappa shape index (κ1) is 14.3. The predicted octanol–water partition coefficient (Wildman–Crippen LogP) is 1.26. The third-order valence-electron chi connectivity index (χ3n) is 4.13. The van der Waals surface area contributed by atoms with Gasteiger partial charge in [-0.3, -0.25) is 4.79 Å². The van der Waals surface area contributed by atoms with E-state index in [1.165, 1.54) is 0 Å². The van der Waals surface area contributed by atoms with Crippen molar-refractivity contribution in [1.29, 1.82) is 5.26 Å². The highest BCUT2D eigenvalue weighted by molar-refractivity contribution is 5.93. The van der Waals surface area contributed by atoms with Gasteiger partial charge in [-0.25, -0.2) is 9.50 Å². The summed E-state index contributed by atoms with van der Waals surface area (Å²) in [5.41, 5.74) is 1.71. The van der Waals surface area contributed by atoms with Gasteiger partial charge in [0, 0.05) is 37.7 Å². The quantitative estimate of drug-likeness (QED) is 0.756. The first-order valence-electron chi connectivity index (χ1n) is 7.67. The normalized spacial score (nSPS) is 17.1. The second-order valence-corrected chi connectivity index (χ2v) is 5.74. The number of aromatic nitrogens is 4. The number of aromatic amines is 1. The van der Waals surface area contributed by atoms with Crippen LogP contribution < -0.4 is 5.32 Å². The second-order valence-electron chi connectivity index (χ2n) is 5.74. The molecule has 3 aromatic heterocycles. The number of nitrogens with zero attached hydrogens (tertiary/aromatic N) is 5. The molecule has 2 N–H and O–H groups in total. The number of imidazole rings is 1. The minimum Gasteiger partial charge on any atom is -0.364 e. The summed E-state index contributed by atoms with van der Waals surface area (Å²) in [4.78, 5) is 21.2. The molecule has 1 aliphatic rings. The Morgan fingerprint density at radius 3 is 3.21 bits per heavy atom. The fourth-order valence-corrected chi connectivity index (χ4v) is 2.92. The molecule has 8 nitrogen and oxygen atoms in total. The van der Waals surface area contributed by atoms with Gasteiger partial charge < -0.3 is 15.2 Å². The molecule has 1 saturated heterocycles. The maximum absolute atomic E-state index is 12.4. The SMILES string of the molecule is N#Cc1c[nH]c(C(=O)N2CCC(Nc3ccc4nccn4n3)C2)c1. The average molecular weight is 321 g/mol. The Hall–Kier alpha value is -3.34. The molecule has 0 spiro atoms. The number of anilines is 1. The average Bonchev–Trinajstić information content (AvgIpc) is 3.34. The number of nitriles is 1. The third kappa shape index (κ3) is 2.56. The molecule has 1 atom stereocenters. The van der Waals surface area contributed by atoms with E-state index in [2.05, 4.69) is 20.4 Å². The third-order valence-corrected chi connectivity index (χ3v) is 4.13. The van der Waals surface area contributed by atoms with Crippen LogP contribution in [0, 0.1) is 11.3 Å². The number of rotatable bonds is 3. The van der Waals surface area contributed by atoms with E-state index in [0.717, 1.165) is 17.9 Å². The summed E-state index contributed by atoms with van der Waals surface area (Å²) in [6.45, 7) is 1.27. The lowest BCUT2D eigenvalue weighted by Gasteiger charge is -2.16. The van der Waals surface area contributed by atoms with Crippen LogP contribution in [0.1, 0.15) is 22.5 Å². The number of carbonyl (C=O) groups excluding carboxylic acids is 1. The Morgan fingerprint density at radius 2 is 2.38 bits per heavy atom. The molecule has 1 unspecified atom stereocenters. The minimum atomic E-state index is -0.0844. The molecule has 8 heteroatoms. The van der Waals surface area contributed by atoms with Gasteiger partial charge in [0.2, 0.25) is 0 Å². The zero-order valence-corrected chi connectivity index (χ0v) is 12.8. The van der Waals surface area contributed by atoms with Crippen LogP contribution in [0.5, 0.6) is 0 Å². The highest BCUT2D eigenvalue weighted by atomic mass is 16.2. The summed E-state index contributed by atoms with van der Waals surface area (Å²) in [5.74, 6) is 0.672. The van der Waals surface area contributed by atoms with Gasteiger partial charge in [0.1, 0.15) is 17.6 Å². The molecule has 24 heavy (non-hydrogen) atoms. The molecule has 0 aromatic carbocycles. The van der Waals surface area contributed by atoms with Crippen LogP contribution >= 0.6 is 0 Å². The van der Waals surface area contributed by atoms with E-state index in [-0.39, 0.29) is 11.9 Å². The van der Waals surface area contributed by atoms with Crippen molar-refractivity contribution in [2.75, 3.05) is 18.4 Å². The van der Waals surface area contributed by atoms with Crippen molar-refractivity contribution < 1.29 is 4.79 Å². The number of likely N-dealkylation sites (tertiary alicyclic amines) is 1. The van der Waals surface area contributed by atoms with E-state index in [1.807, 2.05) is 18.2 Å². The van der Waals surface area contributed by atoms with Gasteiger partial charge in [0.05, 0.1) is 5.56 Å². The van der Waals surface area contributed by atoms with Crippen molar-refractivity contribution in [3.63, 3.8) is 0 Å². The number of carbonyl (C=O) groups is 1. The van der Waals surface area contributed by atoms with Crippen molar-refractivity contribution in [1.82, 2.24) is 24.5 Å². The maximum atomic E-state index is 12.4.